The fourth-order valence-corrected chi connectivity index (χ4v) is 2.63. The van der Waals surface area contributed by atoms with Crippen LogP contribution in [0.25, 0.3) is 10.9 Å². The van der Waals surface area contributed by atoms with Crippen LogP contribution in [0, 0.1) is 18.3 Å². The minimum absolute atomic E-state index is 0.0352. The molecule has 98 valence electrons. The summed E-state index contributed by atoms with van der Waals surface area (Å²) in [7, 11) is 0. The SMILES string of the molecule is Cc1cccc2c(C(CC#N)c3ccccc3)[nH]nc12. The van der Waals surface area contributed by atoms with Gasteiger partial charge in [-0.05, 0) is 18.1 Å². The van der Waals surface area contributed by atoms with Crippen LogP contribution in [0.15, 0.2) is 48.5 Å². The number of nitrogens with one attached hydrogen (secondary N) is 1. The molecule has 1 heterocycles. The van der Waals surface area contributed by atoms with Crippen molar-refractivity contribution in [2.24, 2.45) is 0 Å². The van der Waals surface area contributed by atoms with Crippen molar-refractivity contribution in [1.29, 1.82) is 5.26 Å². The van der Waals surface area contributed by atoms with Gasteiger partial charge in [0, 0.05) is 17.7 Å². The molecule has 1 atom stereocenters. The Labute approximate surface area is 117 Å². The van der Waals surface area contributed by atoms with Gasteiger partial charge in [-0.2, -0.15) is 10.4 Å². The van der Waals surface area contributed by atoms with Crippen molar-refractivity contribution in [2.45, 2.75) is 19.3 Å². The Morgan fingerprint density at radius 3 is 2.70 bits per heavy atom. The third kappa shape index (κ3) is 2.06. The van der Waals surface area contributed by atoms with Gasteiger partial charge in [0.1, 0.15) is 0 Å². The van der Waals surface area contributed by atoms with E-state index in [1.54, 1.807) is 0 Å². The molecule has 0 aliphatic heterocycles. The maximum Gasteiger partial charge on any atom is 0.0953 e. The van der Waals surface area contributed by atoms with E-state index < -0.39 is 0 Å². The number of aryl methyl sites for hydroxylation is 1. The number of aromatic amines is 1. The van der Waals surface area contributed by atoms with E-state index in [0.29, 0.717) is 6.42 Å². The summed E-state index contributed by atoms with van der Waals surface area (Å²) in [5, 5.41) is 17.8. The first-order chi connectivity index (χ1) is 9.81. The normalized spacial score (nSPS) is 12.2. The molecule has 3 nitrogen and oxygen atoms in total. The molecule has 0 spiro atoms. The Kier molecular flexibility index (Phi) is 3.22. The first-order valence-electron chi connectivity index (χ1n) is 6.66. The molecule has 0 saturated heterocycles. The minimum Gasteiger partial charge on any atom is -0.281 e. The molecule has 3 rings (SSSR count). The van der Waals surface area contributed by atoms with Gasteiger partial charge in [0.05, 0.1) is 17.3 Å². The van der Waals surface area contributed by atoms with Gasteiger partial charge in [0.15, 0.2) is 0 Å². The van der Waals surface area contributed by atoms with Crippen LogP contribution in [-0.2, 0) is 0 Å². The Hall–Kier alpha value is -2.60. The predicted octanol–water partition coefficient (Wildman–Crippen LogP) is 3.92. The molecule has 3 aromatic rings. The lowest BCUT2D eigenvalue weighted by molar-refractivity contribution is 0.798. The molecular formula is C17H15N3. The second-order valence-corrected chi connectivity index (χ2v) is 4.93. The highest BCUT2D eigenvalue weighted by Crippen LogP contribution is 2.32. The second-order valence-electron chi connectivity index (χ2n) is 4.93. The number of para-hydroxylation sites is 1. The van der Waals surface area contributed by atoms with Crippen LogP contribution < -0.4 is 0 Å². The minimum atomic E-state index is 0.0352. The average Bonchev–Trinajstić information content (AvgIpc) is 2.91. The first kappa shape index (κ1) is 12.4. The number of fused-ring (bicyclic) bond motifs is 1. The van der Waals surface area contributed by atoms with Crippen molar-refractivity contribution in [2.75, 3.05) is 0 Å². The zero-order chi connectivity index (χ0) is 13.9. The maximum atomic E-state index is 9.14. The van der Waals surface area contributed by atoms with Crippen LogP contribution >= 0.6 is 0 Å². The smallest absolute Gasteiger partial charge is 0.0953 e. The van der Waals surface area contributed by atoms with Crippen molar-refractivity contribution in [3.63, 3.8) is 0 Å². The highest BCUT2D eigenvalue weighted by atomic mass is 15.1. The van der Waals surface area contributed by atoms with Gasteiger partial charge < -0.3 is 0 Å². The fourth-order valence-electron chi connectivity index (χ4n) is 2.63. The predicted molar refractivity (Wildman–Crippen MR) is 79.3 cm³/mol. The number of nitrogens with zero attached hydrogens (tertiary/aromatic N) is 2. The van der Waals surface area contributed by atoms with Crippen molar-refractivity contribution < 1.29 is 0 Å². The standard InChI is InChI=1S/C17H15N3/c1-12-6-5-9-15-16(12)19-20-17(15)14(10-11-18)13-7-3-2-4-8-13/h2-9,14H,10H2,1H3,(H,19,20). The highest BCUT2D eigenvalue weighted by Gasteiger charge is 2.19. The van der Waals surface area contributed by atoms with E-state index in [-0.39, 0.29) is 5.92 Å². The summed E-state index contributed by atoms with van der Waals surface area (Å²) in [4.78, 5) is 0. The van der Waals surface area contributed by atoms with Gasteiger partial charge in [-0.15, -0.1) is 0 Å². The third-order valence-electron chi connectivity index (χ3n) is 3.66. The number of hydrogen-bond acceptors (Lipinski definition) is 2. The molecule has 0 radical (unpaired) electrons. The van der Waals surface area contributed by atoms with Crippen LogP contribution in [0.1, 0.15) is 29.2 Å². The Morgan fingerprint density at radius 1 is 1.15 bits per heavy atom. The zero-order valence-corrected chi connectivity index (χ0v) is 11.3. The van der Waals surface area contributed by atoms with Gasteiger partial charge in [-0.3, -0.25) is 5.10 Å². The number of nitriles is 1. The fraction of sp³-hybridized carbons (Fsp3) is 0.176. The molecule has 3 heteroatoms. The molecule has 20 heavy (non-hydrogen) atoms. The molecule has 1 aromatic heterocycles. The topological polar surface area (TPSA) is 52.5 Å². The van der Waals surface area contributed by atoms with Crippen LogP contribution in [0.4, 0.5) is 0 Å². The van der Waals surface area contributed by atoms with E-state index in [1.807, 2.05) is 24.3 Å². The zero-order valence-electron chi connectivity index (χ0n) is 11.3. The van der Waals surface area contributed by atoms with E-state index in [0.717, 1.165) is 27.7 Å². The molecule has 0 saturated carbocycles. The summed E-state index contributed by atoms with van der Waals surface area (Å²) in [6.07, 6.45) is 0.440. The van der Waals surface area contributed by atoms with Gasteiger partial charge in [-0.25, -0.2) is 0 Å². The molecule has 1 unspecified atom stereocenters. The number of H-pyrrole nitrogens is 1. The number of hydrogen-bond donors (Lipinski definition) is 1. The van der Waals surface area contributed by atoms with Gasteiger partial charge in [0.2, 0.25) is 0 Å². The maximum absolute atomic E-state index is 9.14. The first-order valence-corrected chi connectivity index (χ1v) is 6.66. The molecule has 0 bridgehead atoms. The van der Waals surface area contributed by atoms with Gasteiger partial charge >= 0.3 is 0 Å². The summed E-state index contributed by atoms with van der Waals surface area (Å²) >= 11 is 0. The summed E-state index contributed by atoms with van der Waals surface area (Å²) in [5.41, 5.74) is 4.30. The molecule has 0 aliphatic carbocycles. The van der Waals surface area contributed by atoms with Crippen LogP contribution in [-0.4, -0.2) is 10.2 Å². The van der Waals surface area contributed by atoms with Crippen molar-refractivity contribution in [1.82, 2.24) is 10.2 Å². The molecule has 2 aromatic carbocycles. The van der Waals surface area contributed by atoms with E-state index in [2.05, 4.69) is 47.5 Å². The number of aromatic nitrogens is 2. The summed E-state index contributed by atoms with van der Waals surface area (Å²) in [5.74, 6) is 0.0352. The summed E-state index contributed by atoms with van der Waals surface area (Å²) in [6.45, 7) is 2.05. The van der Waals surface area contributed by atoms with E-state index in [1.165, 1.54) is 0 Å². The Balaban J connectivity index is 2.16. The number of rotatable bonds is 3. The second kappa shape index (κ2) is 5.18. The van der Waals surface area contributed by atoms with E-state index in [9.17, 15) is 0 Å². The Bertz CT molecular complexity index is 766. The summed E-state index contributed by atoms with van der Waals surface area (Å²) in [6, 6.07) is 18.5. The average molecular weight is 261 g/mol. The van der Waals surface area contributed by atoms with Crippen LogP contribution in [0.5, 0.6) is 0 Å². The molecular weight excluding hydrogens is 246 g/mol. The number of benzene rings is 2. The quantitative estimate of drug-likeness (QED) is 0.777. The molecule has 0 amide bonds. The molecule has 0 aliphatic rings. The lowest BCUT2D eigenvalue weighted by atomic mass is 9.91. The van der Waals surface area contributed by atoms with Crippen LogP contribution in [0.3, 0.4) is 0 Å². The van der Waals surface area contributed by atoms with Crippen LogP contribution in [0.2, 0.25) is 0 Å². The molecule has 0 fully saturated rings. The summed E-state index contributed by atoms with van der Waals surface area (Å²) < 4.78 is 0. The van der Waals surface area contributed by atoms with Crippen molar-refractivity contribution in [3.8, 4) is 6.07 Å². The van der Waals surface area contributed by atoms with Gasteiger partial charge in [-0.1, -0.05) is 48.5 Å². The highest BCUT2D eigenvalue weighted by molar-refractivity contribution is 5.85. The monoisotopic (exact) mass is 261 g/mol. The van der Waals surface area contributed by atoms with Crippen molar-refractivity contribution in [3.05, 3.63) is 65.4 Å². The lowest BCUT2D eigenvalue weighted by Gasteiger charge is -2.12. The molecule has 1 N–H and O–H groups in total. The van der Waals surface area contributed by atoms with E-state index in [4.69, 9.17) is 5.26 Å². The Morgan fingerprint density at radius 2 is 1.95 bits per heavy atom. The van der Waals surface area contributed by atoms with Gasteiger partial charge in [0.25, 0.3) is 0 Å². The third-order valence-corrected chi connectivity index (χ3v) is 3.66. The lowest BCUT2D eigenvalue weighted by Crippen LogP contribution is -2.01. The van der Waals surface area contributed by atoms with Crippen molar-refractivity contribution >= 4 is 10.9 Å². The largest absolute Gasteiger partial charge is 0.281 e. The van der Waals surface area contributed by atoms with E-state index >= 15 is 0 Å².